The number of rotatable bonds is 7. The molecule has 1 heterocycles. The maximum absolute atomic E-state index is 12.4. The zero-order chi connectivity index (χ0) is 18.4. The lowest BCUT2D eigenvalue weighted by atomic mass is 10.0. The van der Waals surface area contributed by atoms with Gasteiger partial charge in [0, 0.05) is 18.3 Å². The Morgan fingerprint density at radius 2 is 1.88 bits per heavy atom. The van der Waals surface area contributed by atoms with E-state index in [9.17, 15) is 9.59 Å². The lowest BCUT2D eigenvalue weighted by molar-refractivity contribution is -0.135. The van der Waals surface area contributed by atoms with Crippen LogP contribution in [-0.4, -0.2) is 49.1 Å². The fraction of sp³-hybridized carbons (Fsp3) is 0.556. The zero-order valence-electron chi connectivity index (χ0n) is 15.5. The topological polar surface area (TPSA) is 93.9 Å². The summed E-state index contributed by atoms with van der Waals surface area (Å²) in [5.41, 5.74) is 6.55. The van der Waals surface area contributed by atoms with Crippen molar-refractivity contribution >= 4 is 29.9 Å². The van der Waals surface area contributed by atoms with Crippen LogP contribution in [0.15, 0.2) is 18.2 Å². The van der Waals surface area contributed by atoms with Crippen LogP contribution in [0.2, 0.25) is 0 Å². The van der Waals surface area contributed by atoms with Gasteiger partial charge in [0.05, 0.1) is 12.6 Å². The predicted octanol–water partition coefficient (Wildman–Crippen LogP) is 2.04. The van der Waals surface area contributed by atoms with E-state index in [1.807, 2.05) is 20.8 Å². The molecule has 3 N–H and O–H groups in total. The Morgan fingerprint density at radius 3 is 2.50 bits per heavy atom. The third kappa shape index (κ3) is 6.07. The summed E-state index contributed by atoms with van der Waals surface area (Å²) in [4.78, 5) is 26.1. The molecule has 0 bridgehead atoms. The van der Waals surface area contributed by atoms with Crippen LogP contribution in [0.1, 0.15) is 27.2 Å². The normalized spacial score (nSPS) is 13.6. The molecule has 0 unspecified atom stereocenters. The standard InChI is InChI=1S/C18H27N3O4.ClH/c1-4-21(18(23)14(19)9-12(2)3)11-17(22)20-13-5-6-15-16(10-13)25-8-7-24-15;/h5-6,10,12,14H,4,7-9,11,19H2,1-3H3,(H,20,22);1H/t14-;/m0./s1. The summed E-state index contributed by atoms with van der Waals surface area (Å²) in [5.74, 6) is 1.11. The number of fused-ring (bicyclic) bond motifs is 1. The predicted molar refractivity (Wildman–Crippen MR) is 103 cm³/mol. The molecule has 0 saturated carbocycles. The van der Waals surface area contributed by atoms with Crippen LogP contribution in [-0.2, 0) is 9.59 Å². The molecule has 2 amide bonds. The highest BCUT2D eigenvalue weighted by atomic mass is 35.5. The summed E-state index contributed by atoms with van der Waals surface area (Å²) in [6.45, 7) is 7.25. The van der Waals surface area contributed by atoms with E-state index in [4.69, 9.17) is 15.2 Å². The Bertz CT molecular complexity index is 624. The molecule has 0 spiro atoms. The van der Waals surface area contributed by atoms with Crippen molar-refractivity contribution in [2.24, 2.45) is 11.7 Å². The third-order valence-corrected chi connectivity index (χ3v) is 3.90. The van der Waals surface area contributed by atoms with Crippen molar-refractivity contribution in [3.8, 4) is 11.5 Å². The van der Waals surface area contributed by atoms with E-state index in [1.54, 1.807) is 18.2 Å². The number of likely N-dealkylation sites (N-methyl/N-ethyl adjacent to an activating group) is 1. The highest BCUT2D eigenvalue weighted by Crippen LogP contribution is 2.32. The zero-order valence-corrected chi connectivity index (χ0v) is 16.3. The van der Waals surface area contributed by atoms with Gasteiger partial charge in [0.2, 0.25) is 11.8 Å². The second kappa shape index (κ2) is 10.2. The second-order valence-corrected chi connectivity index (χ2v) is 6.50. The Balaban J connectivity index is 0.00000338. The number of benzene rings is 1. The van der Waals surface area contributed by atoms with Crippen molar-refractivity contribution in [1.29, 1.82) is 0 Å². The minimum Gasteiger partial charge on any atom is -0.486 e. The van der Waals surface area contributed by atoms with Crippen LogP contribution < -0.4 is 20.5 Å². The summed E-state index contributed by atoms with van der Waals surface area (Å²) in [5, 5.41) is 2.78. The lowest BCUT2D eigenvalue weighted by Crippen LogP contribution is -2.47. The van der Waals surface area contributed by atoms with Crippen LogP contribution in [0.4, 0.5) is 5.69 Å². The minimum atomic E-state index is -0.581. The summed E-state index contributed by atoms with van der Waals surface area (Å²) >= 11 is 0. The quantitative estimate of drug-likeness (QED) is 0.749. The monoisotopic (exact) mass is 385 g/mol. The van der Waals surface area contributed by atoms with Crippen LogP contribution >= 0.6 is 12.4 Å². The highest BCUT2D eigenvalue weighted by molar-refractivity contribution is 5.95. The first-order valence-electron chi connectivity index (χ1n) is 8.64. The SMILES string of the molecule is CCN(CC(=O)Nc1ccc2c(c1)OCCO2)C(=O)[C@@H](N)CC(C)C.Cl. The average Bonchev–Trinajstić information content (AvgIpc) is 2.58. The fourth-order valence-electron chi connectivity index (χ4n) is 2.68. The first-order valence-corrected chi connectivity index (χ1v) is 8.64. The van der Waals surface area contributed by atoms with Crippen LogP contribution in [0.5, 0.6) is 11.5 Å². The molecule has 1 aliphatic heterocycles. The molecule has 146 valence electrons. The molecule has 0 radical (unpaired) electrons. The molecule has 1 aromatic carbocycles. The number of carbonyl (C=O) groups excluding carboxylic acids is 2. The van der Waals surface area contributed by atoms with Crippen LogP contribution in [0, 0.1) is 5.92 Å². The van der Waals surface area contributed by atoms with Gasteiger partial charge in [-0.1, -0.05) is 13.8 Å². The number of nitrogens with one attached hydrogen (secondary N) is 1. The van der Waals surface area contributed by atoms with Gasteiger partial charge in [-0.25, -0.2) is 0 Å². The first kappa shape index (κ1) is 22.1. The first-order chi connectivity index (χ1) is 11.9. The number of nitrogens with zero attached hydrogens (tertiary/aromatic N) is 1. The highest BCUT2D eigenvalue weighted by Gasteiger charge is 2.23. The molecule has 0 saturated heterocycles. The maximum atomic E-state index is 12.4. The Hall–Kier alpha value is -1.99. The number of ether oxygens (including phenoxy) is 2. The molecule has 0 aromatic heterocycles. The van der Waals surface area contributed by atoms with Gasteiger partial charge < -0.3 is 25.4 Å². The van der Waals surface area contributed by atoms with Gasteiger partial charge in [0.15, 0.2) is 11.5 Å². The van der Waals surface area contributed by atoms with Gasteiger partial charge in [-0.3, -0.25) is 9.59 Å². The van der Waals surface area contributed by atoms with Crippen molar-refractivity contribution in [2.75, 3.05) is 31.6 Å². The number of halogens is 1. The molecular formula is C18H28ClN3O4. The number of nitrogens with two attached hydrogens (primary N) is 1. The molecule has 1 aromatic rings. The van der Waals surface area contributed by atoms with E-state index in [-0.39, 0.29) is 30.8 Å². The molecule has 26 heavy (non-hydrogen) atoms. The molecule has 2 rings (SSSR count). The van der Waals surface area contributed by atoms with E-state index < -0.39 is 6.04 Å². The summed E-state index contributed by atoms with van der Waals surface area (Å²) in [6.07, 6.45) is 0.596. The van der Waals surface area contributed by atoms with Gasteiger partial charge in [-0.15, -0.1) is 12.4 Å². The van der Waals surface area contributed by atoms with E-state index in [0.717, 1.165) is 0 Å². The fourth-order valence-corrected chi connectivity index (χ4v) is 2.68. The minimum absolute atomic E-state index is 0. The molecule has 7 nitrogen and oxygen atoms in total. The molecule has 8 heteroatoms. The molecule has 0 aliphatic carbocycles. The van der Waals surface area contributed by atoms with Gasteiger partial charge in [-0.2, -0.15) is 0 Å². The lowest BCUT2D eigenvalue weighted by Gasteiger charge is -2.25. The Labute approximate surface area is 160 Å². The second-order valence-electron chi connectivity index (χ2n) is 6.50. The third-order valence-electron chi connectivity index (χ3n) is 3.90. The van der Waals surface area contributed by atoms with Crippen LogP contribution in [0.3, 0.4) is 0 Å². The van der Waals surface area contributed by atoms with Crippen molar-refractivity contribution < 1.29 is 19.1 Å². The van der Waals surface area contributed by atoms with Gasteiger partial charge >= 0.3 is 0 Å². The average molecular weight is 386 g/mol. The van der Waals surface area contributed by atoms with E-state index in [2.05, 4.69) is 5.32 Å². The largest absolute Gasteiger partial charge is 0.486 e. The van der Waals surface area contributed by atoms with Crippen molar-refractivity contribution in [3.05, 3.63) is 18.2 Å². The number of anilines is 1. The molecule has 1 aliphatic rings. The molecule has 0 fully saturated rings. The van der Waals surface area contributed by atoms with Crippen molar-refractivity contribution in [3.63, 3.8) is 0 Å². The molecular weight excluding hydrogens is 358 g/mol. The van der Waals surface area contributed by atoms with E-state index in [0.29, 0.717) is 49.3 Å². The number of amides is 2. The smallest absolute Gasteiger partial charge is 0.243 e. The Kier molecular flexibility index (Phi) is 8.68. The van der Waals surface area contributed by atoms with Crippen molar-refractivity contribution in [2.45, 2.75) is 33.2 Å². The summed E-state index contributed by atoms with van der Waals surface area (Å²) in [6, 6.07) is 4.64. The number of carbonyl (C=O) groups is 2. The summed E-state index contributed by atoms with van der Waals surface area (Å²) < 4.78 is 10.9. The number of hydrogen-bond donors (Lipinski definition) is 2. The maximum Gasteiger partial charge on any atom is 0.243 e. The number of hydrogen-bond acceptors (Lipinski definition) is 5. The van der Waals surface area contributed by atoms with Gasteiger partial charge in [0.1, 0.15) is 13.2 Å². The van der Waals surface area contributed by atoms with Gasteiger partial charge in [0.25, 0.3) is 0 Å². The van der Waals surface area contributed by atoms with E-state index >= 15 is 0 Å². The van der Waals surface area contributed by atoms with E-state index in [1.165, 1.54) is 4.90 Å². The Morgan fingerprint density at radius 1 is 1.23 bits per heavy atom. The molecule has 1 atom stereocenters. The van der Waals surface area contributed by atoms with Crippen LogP contribution in [0.25, 0.3) is 0 Å². The van der Waals surface area contributed by atoms with Gasteiger partial charge in [-0.05, 0) is 31.4 Å². The van der Waals surface area contributed by atoms with Crippen molar-refractivity contribution in [1.82, 2.24) is 4.90 Å². The summed E-state index contributed by atoms with van der Waals surface area (Å²) in [7, 11) is 0.